The highest BCUT2D eigenvalue weighted by atomic mass is 35.5. The normalized spacial score (nSPS) is 11.0. The Morgan fingerprint density at radius 1 is 1.24 bits per heavy atom. The molecule has 3 heterocycles. The van der Waals surface area contributed by atoms with Crippen LogP contribution in [0.2, 0.25) is 5.02 Å². The van der Waals surface area contributed by atoms with Crippen LogP contribution in [0.4, 0.5) is 21.8 Å². The molecular formula is C19H16ClFN6OS. The molecule has 0 saturated carbocycles. The highest BCUT2D eigenvalue weighted by Gasteiger charge is 2.17. The van der Waals surface area contributed by atoms with Crippen LogP contribution in [0.1, 0.15) is 0 Å². The summed E-state index contributed by atoms with van der Waals surface area (Å²) in [5.74, 6) is 1.32. The zero-order valence-electron chi connectivity index (χ0n) is 15.3. The lowest BCUT2D eigenvalue weighted by Crippen LogP contribution is -2.22. The summed E-state index contributed by atoms with van der Waals surface area (Å²) in [7, 11) is 1.83. The van der Waals surface area contributed by atoms with Crippen molar-refractivity contribution in [2.45, 2.75) is 0 Å². The van der Waals surface area contributed by atoms with E-state index in [-0.39, 0.29) is 12.2 Å². The summed E-state index contributed by atoms with van der Waals surface area (Å²) < 4.78 is 15.1. The van der Waals surface area contributed by atoms with Crippen LogP contribution in [0, 0.1) is 5.82 Å². The number of hydrogen-bond acceptors (Lipinski definition) is 8. The summed E-state index contributed by atoms with van der Waals surface area (Å²) in [5.41, 5.74) is 0.949. The molecule has 0 bridgehead atoms. The van der Waals surface area contributed by atoms with Crippen LogP contribution < -0.4 is 10.2 Å². The van der Waals surface area contributed by atoms with E-state index >= 15 is 0 Å². The minimum Gasteiger partial charge on any atom is -0.395 e. The minimum absolute atomic E-state index is 0.0202. The van der Waals surface area contributed by atoms with Gasteiger partial charge in [-0.25, -0.2) is 24.3 Å². The molecule has 0 aliphatic heterocycles. The average Bonchev–Trinajstić information content (AvgIpc) is 3.13. The zero-order valence-corrected chi connectivity index (χ0v) is 16.9. The van der Waals surface area contributed by atoms with Gasteiger partial charge in [0.05, 0.1) is 27.4 Å². The summed E-state index contributed by atoms with van der Waals surface area (Å²) in [6.07, 6.45) is 3.06. The van der Waals surface area contributed by atoms with E-state index in [0.29, 0.717) is 39.5 Å². The summed E-state index contributed by atoms with van der Waals surface area (Å²) >= 11 is 7.49. The lowest BCUT2D eigenvalue weighted by atomic mass is 10.2. The Morgan fingerprint density at radius 3 is 2.90 bits per heavy atom. The number of anilines is 3. The number of aromatic nitrogens is 4. The van der Waals surface area contributed by atoms with E-state index in [9.17, 15) is 4.39 Å². The molecule has 0 aliphatic carbocycles. The van der Waals surface area contributed by atoms with Gasteiger partial charge in [0.1, 0.15) is 28.8 Å². The Morgan fingerprint density at radius 2 is 2.10 bits per heavy atom. The van der Waals surface area contributed by atoms with Crippen LogP contribution in [-0.2, 0) is 0 Å². The fourth-order valence-corrected chi connectivity index (χ4v) is 4.14. The predicted molar refractivity (Wildman–Crippen MR) is 113 cm³/mol. The first-order valence-corrected chi connectivity index (χ1v) is 9.87. The van der Waals surface area contributed by atoms with Crippen molar-refractivity contribution in [2.75, 3.05) is 30.4 Å². The number of aliphatic hydroxyl groups excluding tert-OH is 1. The number of pyridine rings is 1. The second kappa shape index (κ2) is 8.24. The first-order chi connectivity index (χ1) is 14.1. The van der Waals surface area contributed by atoms with Crippen molar-refractivity contribution in [3.8, 4) is 10.6 Å². The van der Waals surface area contributed by atoms with Crippen LogP contribution in [0.5, 0.6) is 0 Å². The van der Waals surface area contributed by atoms with Gasteiger partial charge in [-0.3, -0.25) is 0 Å². The van der Waals surface area contributed by atoms with Crippen LogP contribution in [-0.4, -0.2) is 45.2 Å². The SMILES string of the molecule is CN(CCO)c1cc(Nc2nccc3nc(-c4c(F)cccc4Cl)sc23)ncn1. The number of hydrogen-bond donors (Lipinski definition) is 2. The molecule has 4 rings (SSSR count). The summed E-state index contributed by atoms with van der Waals surface area (Å²) in [6.45, 7) is 0.471. The van der Waals surface area contributed by atoms with Gasteiger partial charge in [-0.1, -0.05) is 17.7 Å². The smallest absolute Gasteiger partial charge is 0.151 e. The predicted octanol–water partition coefficient (Wildman–Crippen LogP) is 4.11. The molecule has 0 amide bonds. The number of fused-ring (bicyclic) bond motifs is 1. The van der Waals surface area contributed by atoms with E-state index in [1.165, 1.54) is 23.7 Å². The van der Waals surface area contributed by atoms with Crippen molar-refractivity contribution in [2.24, 2.45) is 0 Å². The molecule has 0 atom stereocenters. The second-order valence-electron chi connectivity index (χ2n) is 6.16. The molecular weight excluding hydrogens is 415 g/mol. The largest absolute Gasteiger partial charge is 0.395 e. The summed E-state index contributed by atoms with van der Waals surface area (Å²) in [4.78, 5) is 19.1. The lowest BCUT2D eigenvalue weighted by Gasteiger charge is -2.17. The fraction of sp³-hybridized carbons (Fsp3) is 0.158. The van der Waals surface area contributed by atoms with E-state index in [2.05, 4.69) is 25.3 Å². The zero-order chi connectivity index (χ0) is 20.4. The van der Waals surface area contributed by atoms with Crippen LogP contribution >= 0.6 is 22.9 Å². The number of benzene rings is 1. The Bertz CT molecular complexity index is 1150. The van der Waals surface area contributed by atoms with E-state index in [4.69, 9.17) is 16.7 Å². The molecule has 3 aromatic heterocycles. The molecule has 10 heteroatoms. The van der Waals surface area contributed by atoms with E-state index in [1.54, 1.807) is 30.5 Å². The third-order valence-electron chi connectivity index (χ3n) is 4.21. The van der Waals surface area contributed by atoms with Gasteiger partial charge >= 0.3 is 0 Å². The van der Waals surface area contributed by atoms with Crippen molar-refractivity contribution in [1.82, 2.24) is 19.9 Å². The Kier molecular flexibility index (Phi) is 5.52. The maximum atomic E-state index is 14.3. The van der Waals surface area contributed by atoms with Crippen molar-refractivity contribution >= 4 is 50.6 Å². The van der Waals surface area contributed by atoms with Crippen LogP contribution in [0.3, 0.4) is 0 Å². The van der Waals surface area contributed by atoms with E-state index in [0.717, 1.165) is 4.70 Å². The van der Waals surface area contributed by atoms with Gasteiger partial charge in [-0.15, -0.1) is 11.3 Å². The van der Waals surface area contributed by atoms with Gasteiger partial charge in [-0.05, 0) is 18.2 Å². The molecule has 2 N–H and O–H groups in total. The minimum atomic E-state index is -0.425. The van der Waals surface area contributed by atoms with E-state index < -0.39 is 5.82 Å². The molecule has 0 aliphatic rings. The van der Waals surface area contributed by atoms with E-state index in [1.807, 2.05) is 11.9 Å². The van der Waals surface area contributed by atoms with Gasteiger partial charge in [0, 0.05) is 25.9 Å². The summed E-state index contributed by atoms with van der Waals surface area (Å²) in [6, 6.07) is 8.07. The molecule has 0 fully saturated rings. The molecule has 0 radical (unpaired) electrons. The molecule has 0 spiro atoms. The first-order valence-electron chi connectivity index (χ1n) is 8.68. The molecule has 0 saturated heterocycles. The quantitative estimate of drug-likeness (QED) is 0.476. The maximum absolute atomic E-state index is 14.3. The second-order valence-corrected chi connectivity index (χ2v) is 7.56. The molecule has 1 aromatic carbocycles. The number of aliphatic hydroxyl groups is 1. The van der Waals surface area contributed by atoms with Gasteiger partial charge in [0.2, 0.25) is 0 Å². The number of nitrogens with zero attached hydrogens (tertiary/aromatic N) is 5. The van der Waals surface area contributed by atoms with Crippen LogP contribution in [0.15, 0.2) is 42.9 Å². The molecule has 4 aromatic rings. The van der Waals surface area contributed by atoms with Gasteiger partial charge < -0.3 is 15.3 Å². The van der Waals surface area contributed by atoms with Crippen molar-refractivity contribution in [3.05, 3.63) is 53.7 Å². The molecule has 29 heavy (non-hydrogen) atoms. The highest BCUT2D eigenvalue weighted by molar-refractivity contribution is 7.22. The fourth-order valence-electron chi connectivity index (χ4n) is 2.76. The number of halogens is 2. The Labute approximate surface area is 174 Å². The standard InChI is InChI=1S/C19H16ClFN6OS/c1-27(7-8-28)15-9-14(23-10-24-15)26-18-17-13(5-6-22-18)25-19(29-17)16-11(20)3-2-4-12(16)21/h2-6,9-10,28H,7-8H2,1H3,(H,22,23,24,26). The Hall–Kier alpha value is -2.88. The Balaban J connectivity index is 1.71. The van der Waals surface area contributed by atoms with Crippen molar-refractivity contribution in [3.63, 3.8) is 0 Å². The molecule has 148 valence electrons. The third kappa shape index (κ3) is 3.98. The number of nitrogens with one attached hydrogen (secondary N) is 1. The van der Waals surface area contributed by atoms with Gasteiger partial charge in [0.25, 0.3) is 0 Å². The number of thiazole rings is 1. The summed E-state index contributed by atoms with van der Waals surface area (Å²) in [5, 5.41) is 13.1. The molecule has 7 nitrogen and oxygen atoms in total. The van der Waals surface area contributed by atoms with Crippen molar-refractivity contribution in [1.29, 1.82) is 0 Å². The highest BCUT2D eigenvalue weighted by Crippen LogP contribution is 2.38. The lowest BCUT2D eigenvalue weighted by molar-refractivity contribution is 0.304. The number of likely N-dealkylation sites (N-methyl/N-ethyl adjacent to an activating group) is 1. The van der Waals surface area contributed by atoms with Crippen LogP contribution in [0.25, 0.3) is 20.8 Å². The molecule has 0 unspecified atom stereocenters. The monoisotopic (exact) mass is 430 g/mol. The van der Waals surface area contributed by atoms with Gasteiger partial charge in [-0.2, -0.15) is 0 Å². The maximum Gasteiger partial charge on any atom is 0.151 e. The average molecular weight is 431 g/mol. The topological polar surface area (TPSA) is 87.1 Å². The van der Waals surface area contributed by atoms with Gasteiger partial charge in [0.15, 0.2) is 5.82 Å². The first kappa shape index (κ1) is 19.4. The number of rotatable bonds is 6. The van der Waals surface area contributed by atoms with Crippen molar-refractivity contribution < 1.29 is 9.50 Å². The third-order valence-corrected chi connectivity index (χ3v) is 5.62.